The Morgan fingerprint density at radius 3 is 2.65 bits per heavy atom. The van der Waals surface area contributed by atoms with Gasteiger partial charge >= 0.3 is 0 Å². The number of likely N-dealkylation sites (N-methyl/N-ethyl adjacent to an activating group) is 1. The van der Waals surface area contributed by atoms with Gasteiger partial charge in [-0.3, -0.25) is 9.59 Å². The summed E-state index contributed by atoms with van der Waals surface area (Å²) >= 11 is 0. The van der Waals surface area contributed by atoms with E-state index >= 15 is 0 Å². The zero-order valence-electron chi connectivity index (χ0n) is 11.2. The van der Waals surface area contributed by atoms with Crippen LogP contribution in [0.3, 0.4) is 0 Å². The molecule has 0 spiro atoms. The molecule has 1 aliphatic heterocycles. The molecule has 1 heterocycles. The summed E-state index contributed by atoms with van der Waals surface area (Å²) in [5.41, 5.74) is -0.712. The summed E-state index contributed by atoms with van der Waals surface area (Å²) in [6.45, 7) is 8.42. The molecule has 0 saturated carbocycles. The molecule has 5 heteroatoms. The smallest absolute Gasteiger partial charge is 0.247 e. The van der Waals surface area contributed by atoms with Crippen molar-refractivity contribution in [3.8, 4) is 0 Å². The van der Waals surface area contributed by atoms with Crippen molar-refractivity contribution in [2.75, 3.05) is 33.2 Å². The monoisotopic (exact) mass is 241 g/mol. The second-order valence-corrected chi connectivity index (χ2v) is 4.93. The summed E-state index contributed by atoms with van der Waals surface area (Å²) in [7, 11) is 1.78. The molecule has 0 aromatic heterocycles. The van der Waals surface area contributed by atoms with Crippen LogP contribution >= 0.6 is 0 Å². The average Bonchev–Trinajstić information content (AvgIpc) is 2.26. The van der Waals surface area contributed by atoms with Gasteiger partial charge in [0.05, 0.1) is 0 Å². The summed E-state index contributed by atoms with van der Waals surface area (Å²) in [6, 6.07) is 0. The highest BCUT2D eigenvalue weighted by molar-refractivity contribution is 5.91. The SMILES string of the molecule is CCNCCC(=O)N1CCN(C)C(=O)C1(C)C. The molecular formula is C12H23N3O2. The Bertz CT molecular complexity index is 302. The van der Waals surface area contributed by atoms with Gasteiger partial charge in [0.15, 0.2) is 0 Å². The first-order valence-corrected chi connectivity index (χ1v) is 6.18. The van der Waals surface area contributed by atoms with Crippen LogP contribution in [-0.2, 0) is 9.59 Å². The summed E-state index contributed by atoms with van der Waals surface area (Å²) in [6.07, 6.45) is 0.453. The second kappa shape index (κ2) is 5.49. The van der Waals surface area contributed by atoms with E-state index in [0.29, 0.717) is 26.1 Å². The fourth-order valence-electron chi connectivity index (χ4n) is 2.16. The molecule has 1 rings (SSSR count). The number of hydrogen-bond acceptors (Lipinski definition) is 3. The lowest BCUT2D eigenvalue weighted by Gasteiger charge is -2.44. The molecule has 98 valence electrons. The number of rotatable bonds is 4. The molecule has 5 nitrogen and oxygen atoms in total. The maximum absolute atomic E-state index is 12.1. The van der Waals surface area contributed by atoms with Crippen molar-refractivity contribution in [3.05, 3.63) is 0 Å². The lowest BCUT2D eigenvalue weighted by atomic mass is 9.97. The molecule has 1 aliphatic rings. The van der Waals surface area contributed by atoms with Gasteiger partial charge in [0.25, 0.3) is 0 Å². The maximum Gasteiger partial charge on any atom is 0.247 e. The minimum Gasteiger partial charge on any atom is -0.342 e. The number of carbonyl (C=O) groups is 2. The van der Waals surface area contributed by atoms with E-state index in [-0.39, 0.29) is 11.8 Å². The van der Waals surface area contributed by atoms with Crippen LogP contribution in [-0.4, -0.2) is 60.4 Å². The van der Waals surface area contributed by atoms with Gasteiger partial charge in [-0.1, -0.05) is 6.92 Å². The number of hydrogen-bond donors (Lipinski definition) is 1. The number of amides is 2. The lowest BCUT2D eigenvalue weighted by Crippen LogP contribution is -2.63. The van der Waals surface area contributed by atoms with Gasteiger partial charge in [0.2, 0.25) is 11.8 Å². The number of piperazine rings is 1. The zero-order valence-corrected chi connectivity index (χ0v) is 11.2. The van der Waals surface area contributed by atoms with Gasteiger partial charge in [-0.25, -0.2) is 0 Å². The van der Waals surface area contributed by atoms with Crippen molar-refractivity contribution < 1.29 is 9.59 Å². The Hall–Kier alpha value is -1.10. The summed E-state index contributed by atoms with van der Waals surface area (Å²) in [5.74, 6) is 0.0675. The standard InChI is InChI=1S/C12H23N3O2/c1-5-13-7-6-10(16)15-9-8-14(4)11(17)12(15,2)3/h13H,5-9H2,1-4H3. The molecule has 0 atom stereocenters. The normalized spacial score (nSPS) is 19.6. The van der Waals surface area contributed by atoms with Crippen molar-refractivity contribution in [2.24, 2.45) is 0 Å². The van der Waals surface area contributed by atoms with E-state index in [2.05, 4.69) is 5.32 Å². The van der Waals surface area contributed by atoms with Crippen molar-refractivity contribution in [2.45, 2.75) is 32.7 Å². The molecule has 0 radical (unpaired) electrons. The average molecular weight is 241 g/mol. The largest absolute Gasteiger partial charge is 0.342 e. The highest BCUT2D eigenvalue weighted by atomic mass is 16.2. The third-order valence-electron chi connectivity index (χ3n) is 3.27. The van der Waals surface area contributed by atoms with Gasteiger partial charge in [-0.2, -0.15) is 0 Å². The van der Waals surface area contributed by atoms with Crippen LogP contribution in [0.25, 0.3) is 0 Å². The van der Waals surface area contributed by atoms with Gasteiger partial charge in [-0.15, -0.1) is 0 Å². The molecule has 1 fully saturated rings. The topological polar surface area (TPSA) is 52.7 Å². The minimum atomic E-state index is -0.712. The third kappa shape index (κ3) is 2.97. The van der Waals surface area contributed by atoms with Crippen LogP contribution in [0.15, 0.2) is 0 Å². The Morgan fingerprint density at radius 1 is 1.41 bits per heavy atom. The first-order chi connectivity index (χ1) is 7.91. The zero-order chi connectivity index (χ0) is 13.1. The van der Waals surface area contributed by atoms with Crippen molar-refractivity contribution in [1.29, 1.82) is 0 Å². The fraction of sp³-hybridized carbons (Fsp3) is 0.833. The molecule has 2 amide bonds. The molecule has 17 heavy (non-hydrogen) atoms. The summed E-state index contributed by atoms with van der Waals surface area (Å²) < 4.78 is 0. The van der Waals surface area contributed by atoms with Crippen LogP contribution in [0.5, 0.6) is 0 Å². The molecule has 0 aromatic rings. The number of carbonyl (C=O) groups excluding carboxylic acids is 2. The van der Waals surface area contributed by atoms with Crippen molar-refractivity contribution in [3.63, 3.8) is 0 Å². The van der Waals surface area contributed by atoms with Crippen LogP contribution in [0.2, 0.25) is 0 Å². The quantitative estimate of drug-likeness (QED) is 0.708. The highest BCUT2D eigenvalue weighted by Crippen LogP contribution is 2.22. The third-order valence-corrected chi connectivity index (χ3v) is 3.27. The van der Waals surface area contributed by atoms with Crippen LogP contribution < -0.4 is 5.32 Å². The van der Waals surface area contributed by atoms with E-state index in [4.69, 9.17) is 0 Å². The fourth-order valence-corrected chi connectivity index (χ4v) is 2.16. The predicted octanol–water partition coefficient (Wildman–Crippen LogP) is 0.0652. The Balaban J connectivity index is 2.64. The van der Waals surface area contributed by atoms with Gasteiger partial charge in [-0.05, 0) is 20.4 Å². The molecule has 0 aromatic carbocycles. The Morgan fingerprint density at radius 2 is 2.06 bits per heavy atom. The lowest BCUT2D eigenvalue weighted by molar-refractivity contribution is -0.157. The highest BCUT2D eigenvalue weighted by Gasteiger charge is 2.42. The van der Waals surface area contributed by atoms with E-state index in [0.717, 1.165) is 6.54 Å². The van der Waals surface area contributed by atoms with Gasteiger partial charge in [0, 0.05) is 33.1 Å². The van der Waals surface area contributed by atoms with Crippen molar-refractivity contribution >= 4 is 11.8 Å². The second-order valence-electron chi connectivity index (χ2n) is 4.93. The first kappa shape index (κ1) is 14.0. The molecule has 1 saturated heterocycles. The summed E-state index contributed by atoms with van der Waals surface area (Å²) in [4.78, 5) is 27.5. The van der Waals surface area contributed by atoms with E-state index in [1.807, 2.05) is 20.8 Å². The van der Waals surface area contributed by atoms with E-state index < -0.39 is 5.54 Å². The number of nitrogens with zero attached hydrogens (tertiary/aromatic N) is 2. The Labute approximate surface area is 103 Å². The first-order valence-electron chi connectivity index (χ1n) is 6.18. The van der Waals surface area contributed by atoms with Crippen LogP contribution in [0.4, 0.5) is 0 Å². The van der Waals surface area contributed by atoms with Crippen LogP contribution in [0.1, 0.15) is 27.2 Å². The molecule has 1 N–H and O–H groups in total. The van der Waals surface area contributed by atoms with Crippen LogP contribution in [0, 0.1) is 0 Å². The molecular weight excluding hydrogens is 218 g/mol. The summed E-state index contributed by atoms with van der Waals surface area (Å²) in [5, 5.41) is 3.12. The van der Waals surface area contributed by atoms with E-state index in [9.17, 15) is 9.59 Å². The molecule has 0 bridgehead atoms. The van der Waals surface area contributed by atoms with E-state index in [1.165, 1.54) is 0 Å². The van der Waals surface area contributed by atoms with E-state index in [1.54, 1.807) is 16.8 Å². The van der Waals surface area contributed by atoms with Gasteiger partial charge in [0.1, 0.15) is 5.54 Å². The van der Waals surface area contributed by atoms with Crippen molar-refractivity contribution in [1.82, 2.24) is 15.1 Å². The minimum absolute atomic E-state index is 0.0144. The molecule has 0 aliphatic carbocycles. The Kier molecular flexibility index (Phi) is 4.51. The number of nitrogens with one attached hydrogen (secondary N) is 1. The molecule has 0 unspecified atom stereocenters. The maximum atomic E-state index is 12.1. The predicted molar refractivity (Wildman–Crippen MR) is 66.6 cm³/mol. The van der Waals surface area contributed by atoms with Gasteiger partial charge < -0.3 is 15.1 Å².